The number of fused-ring (bicyclic) bond motifs is 1. The van der Waals surface area contributed by atoms with E-state index in [0.717, 1.165) is 11.9 Å². The number of hydrogen-bond donors (Lipinski definition) is 1. The van der Waals surface area contributed by atoms with Gasteiger partial charge >= 0.3 is 26.8 Å². The van der Waals surface area contributed by atoms with Crippen LogP contribution in [-0.2, 0) is 19.2 Å². The third kappa shape index (κ3) is 52.0. The Labute approximate surface area is 231 Å². The summed E-state index contributed by atoms with van der Waals surface area (Å²) in [6.45, 7) is 12.5. The molecule has 32 heavy (non-hydrogen) atoms. The van der Waals surface area contributed by atoms with Crippen molar-refractivity contribution in [3.05, 3.63) is 117 Å². The first kappa shape index (κ1) is 63.5. The number of para-hydroxylation sites is 1. The van der Waals surface area contributed by atoms with Gasteiger partial charge < -0.3 is 61.4 Å². The van der Waals surface area contributed by atoms with E-state index in [9.17, 15) is 0 Å². The molecule has 3 rings (SSSR count). The van der Waals surface area contributed by atoms with Gasteiger partial charge in [-0.25, -0.2) is 12.2 Å². The van der Waals surface area contributed by atoms with Gasteiger partial charge in [-0.05, 0) is 0 Å². The monoisotopic (exact) mass is 533 g/mol. The second-order valence-corrected chi connectivity index (χ2v) is 6.00. The summed E-state index contributed by atoms with van der Waals surface area (Å²) in [7, 11) is 2.97. The topological polar surface area (TPSA) is 15.8 Å². The van der Waals surface area contributed by atoms with E-state index in [1.165, 1.54) is 17.2 Å². The van der Waals surface area contributed by atoms with Crippen LogP contribution < -0.4 is 0 Å². The molecule has 0 bridgehead atoms. The molecule has 0 amide bonds. The molecule has 1 aromatic heterocycles. The first-order chi connectivity index (χ1) is 11.4. The Hall–Kier alpha value is -0.249. The van der Waals surface area contributed by atoms with Gasteiger partial charge in [-0.1, -0.05) is 12.1 Å². The maximum atomic E-state index is 2.99. The summed E-state index contributed by atoms with van der Waals surface area (Å²) < 4.78 is 0. The van der Waals surface area contributed by atoms with Gasteiger partial charge in [-0.15, -0.1) is 55.1 Å². The zero-order valence-corrected chi connectivity index (χ0v) is 26.8. The Morgan fingerprint density at radius 3 is 1.50 bits per heavy atom. The van der Waals surface area contributed by atoms with E-state index in [-0.39, 0.29) is 69.4 Å². The molecule has 1 aromatic carbocycles. The summed E-state index contributed by atoms with van der Waals surface area (Å²) in [5, 5.41) is 1.22. The maximum Gasteiger partial charge on any atom is -0.0745 e. The van der Waals surface area contributed by atoms with Crippen LogP contribution in [0.25, 0.3) is 10.9 Å². The van der Waals surface area contributed by atoms with Gasteiger partial charge in [0, 0.05) is 0 Å². The normalized spacial score (nSPS) is 7.97. The maximum absolute atomic E-state index is 2.99. The first-order valence-electron chi connectivity index (χ1n) is 7.87. The Bertz CT molecular complexity index is 516. The van der Waals surface area contributed by atoms with E-state index in [1.54, 1.807) is 19.2 Å². The van der Waals surface area contributed by atoms with Gasteiger partial charge in [0.15, 0.2) is 0 Å². The SMILES string of the molecule is C[C-](C)C.C[C-](C)C.Cl.Cl.[C-]1=CC=CC1.[CH3-].[CH3-].[CH3-].[CH3-].[CH3-].[CH3-].[Si]=[Ti].[c-]1cc2ccccc2[nH]1. The van der Waals surface area contributed by atoms with Crippen LogP contribution in [0.5, 0.6) is 0 Å². The number of aromatic nitrogens is 1. The number of benzene rings is 1. The van der Waals surface area contributed by atoms with E-state index in [2.05, 4.69) is 78.6 Å². The average molecular weight is 535 g/mol. The average Bonchev–Trinajstić information content (AvgIpc) is 3.23. The second-order valence-electron chi connectivity index (χ2n) is 6.00. The molecule has 0 saturated heterocycles. The van der Waals surface area contributed by atoms with Gasteiger partial charge in [0.05, 0.1) is 0 Å². The van der Waals surface area contributed by atoms with Gasteiger partial charge in [0.25, 0.3) is 0 Å². The minimum absolute atomic E-state index is 0. The summed E-state index contributed by atoms with van der Waals surface area (Å²) in [5.74, 6) is 2.83. The van der Waals surface area contributed by atoms with Crippen LogP contribution in [0.15, 0.2) is 48.6 Å². The molecule has 1 N–H and O–H groups in total. The molecule has 1 heterocycles. The van der Waals surface area contributed by atoms with Gasteiger partial charge in [0.2, 0.25) is 0 Å². The molecule has 1 aliphatic carbocycles. The molecule has 5 heteroatoms. The van der Waals surface area contributed by atoms with Crippen LogP contribution >= 0.6 is 24.8 Å². The van der Waals surface area contributed by atoms with E-state index < -0.39 is 0 Å². The zero-order valence-electron chi connectivity index (χ0n) is 22.6. The molecule has 0 unspecified atom stereocenters. The Morgan fingerprint density at radius 1 is 0.812 bits per heavy atom. The number of halogens is 2. The predicted molar refractivity (Wildman–Crippen MR) is 158 cm³/mol. The summed E-state index contributed by atoms with van der Waals surface area (Å²) in [4.78, 5) is 2.99. The summed E-state index contributed by atoms with van der Waals surface area (Å²) >= 11 is 1.81. The number of aromatic amines is 1. The summed E-state index contributed by atoms with van der Waals surface area (Å²) in [6, 6.07) is 10.1. The molecule has 2 aromatic rings. The molecule has 0 saturated carbocycles. The van der Waals surface area contributed by atoms with Crippen LogP contribution in [0.2, 0.25) is 0 Å². The molecule has 1 nitrogen and oxygen atoms in total. The fourth-order valence-corrected chi connectivity index (χ4v) is 1.27. The zero-order chi connectivity index (χ0) is 18.8. The van der Waals surface area contributed by atoms with Crippen molar-refractivity contribution in [1.82, 2.24) is 4.98 Å². The number of nitrogens with one attached hydrogen (secondary N) is 1. The molecular weight excluding hydrogens is 485 g/mol. The third-order valence-electron chi connectivity index (χ3n) is 1.98. The van der Waals surface area contributed by atoms with Crippen molar-refractivity contribution in [2.45, 2.75) is 48.0 Å². The Morgan fingerprint density at radius 2 is 1.22 bits per heavy atom. The second kappa shape index (κ2) is 48.3. The predicted octanol–water partition coefficient (Wildman–Crippen LogP) is 9.68. The Kier molecular flexibility index (Phi) is 95.7. The van der Waals surface area contributed by atoms with E-state index in [0.29, 0.717) is 0 Å². The molecule has 2 radical (unpaired) electrons. The first-order valence-corrected chi connectivity index (χ1v) is 10.7. The van der Waals surface area contributed by atoms with Crippen molar-refractivity contribution in [1.29, 1.82) is 0 Å². The molecular formula is C27H49Cl2NSiTi-10. The number of rotatable bonds is 0. The van der Waals surface area contributed by atoms with Crippen molar-refractivity contribution >= 4 is 43.3 Å². The standard InChI is InChI=1S/C8H6N.C5H5.2C4H9.6CH3.2ClH.Si.Ti/c1-2-4-8-7(3-1)5-6-9-8;1-2-4-5-3-1;2*1-4(2)3;;;;;;;;;;/h1-5,9H;1-3H,4H2;2*1-3H3;6*1H3;2*1H;;/q10*-1;;;;. The van der Waals surface area contributed by atoms with Crippen LogP contribution in [-0.4, -0.2) is 12.6 Å². The van der Waals surface area contributed by atoms with Gasteiger partial charge in [0.1, 0.15) is 0 Å². The van der Waals surface area contributed by atoms with Crippen molar-refractivity contribution in [3.63, 3.8) is 0 Å². The van der Waals surface area contributed by atoms with Crippen LogP contribution in [0.3, 0.4) is 0 Å². The van der Waals surface area contributed by atoms with E-state index in [1.807, 2.05) is 36.4 Å². The minimum atomic E-state index is 0. The van der Waals surface area contributed by atoms with E-state index in [4.69, 9.17) is 0 Å². The molecule has 0 spiro atoms. The summed E-state index contributed by atoms with van der Waals surface area (Å²) in [6.07, 6.45) is 12.9. The van der Waals surface area contributed by atoms with Gasteiger partial charge in [-0.3, -0.25) is 6.08 Å². The molecule has 0 fully saturated rings. The van der Waals surface area contributed by atoms with Crippen LogP contribution in [0.4, 0.5) is 0 Å². The van der Waals surface area contributed by atoms with E-state index >= 15 is 0 Å². The minimum Gasteiger partial charge on any atom is -0.477 e. The van der Waals surface area contributed by atoms with Crippen LogP contribution in [0, 0.1) is 68.7 Å². The quantitative estimate of drug-likeness (QED) is 0.256. The fourth-order valence-electron chi connectivity index (χ4n) is 1.27. The third-order valence-corrected chi connectivity index (χ3v) is 1.98. The van der Waals surface area contributed by atoms with Crippen molar-refractivity contribution in [2.75, 3.05) is 0 Å². The summed E-state index contributed by atoms with van der Waals surface area (Å²) in [5.41, 5.74) is 1.15. The van der Waals surface area contributed by atoms with Crippen molar-refractivity contribution < 1.29 is 19.2 Å². The smallest absolute Gasteiger partial charge is 0.0745 e. The molecule has 1 aliphatic rings. The molecule has 0 aliphatic heterocycles. The number of allylic oxidation sites excluding steroid dienone is 4. The van der Waals surface area contributed by atoms with Gasteiger partial charge in [-0.2, -0.15) is 59.1 Å². The fraction of sp³-hybridized carbons (Fsp3) is 0.259. The van der Waals surface area contributed by atoms with Crippen LogP contribution in [0.1, 0.15) is 48.0 Å². The number of hydrogen-bond acceptors (Lipinski definition) is 0. The van der Waals surface area contributed by atoms with Crippen molar-refractivity contribution in [3.8, 4) is 0 Å². The number of H-pyrrole nitrogens is 1. The Balaban J connectivity index is -0.0000000239. The molecule has 194 valence electrons. The molecule has 0 atom stereocenters. The van der Waals surface area contributed by atoms with Crippen molar-refractivity contribution in [2.24, 2.45) is 0 Å². The largest absolute Gasteiger partial charge is 0.477 e.